The number of anilines is 1. The summed E-state index contributed by atoms with van der Waals surface area (Å²) in [6.07, 6.45) is 4.97. The lowest BCUT2D eigenvalue weighted by atomic mass is 10.0. The fraction of sp³-hybridized carbons (Fsp3) is 0.400. The summed E-state index contributed by atoms with van der Waals surface area (Å²) in [7, 11) is 0. The van der Waals surface area contributed by atoms with Crippen molar-refractivity contribution in [2.45, 2.75) is 37.3 Å². The van der Waals surface area contributed by atoms with Gasteiger partial charge < -0.3 is 20.6 Å². The maximum Gasteiger partial charge on any atom is 0.404 e. The van der Waals surface area contributed by atoms with Gasteiger partial charge in [-0.15, -0.1) is 11.3 Å². The monoisotopic (exact) mass is 452 g/mol. The second-order valence-electron chi connectivity index (χ2n) is 8.01. The molecule has 164 valence electrons. The second-order valence-corrected chi connectivity index (χ2v) is 8.90. The number of carbonyl (C=O) groups is 2. The van der Waals surface area contributed by atoms with Crippen LogP contribution in [0.4, 0.5) is 10.6 Å². The zero-order valence-corrected chi connectivity index (χ0v) is 17.8. The number of fused-ring (bicyclic) bond motifs is 1. The SMILES string of the molecule is N#CC1(Nc2cc(C(=O)N3CCC(NC(=O)O)CC3)nc(-c3cnn4ccsc34)n2)CC1. The Bertz CT molecular complexity index is 1230. The minimum Gasteiger partial charge on any atom is -0.465 e. The van der Waals surface area contributed by atoms with Crippen LogP contribution in [-0.2, 0) is 0 Å². The normalized spacial score (nSPS) is 17.7. The summed E-state index contributed by atoms with van der Waals surface area (Å²) in [6, 6.07) is 3.69. The number of nitriles is 1. The highest BCUT2D eigenvalue weighted by Gasteiger charge is 2.43. The van der Waals surface area contributed by atoms with Crippen LogP contribution in [0.2, 0.25) is 0 Å². The molecule has 0 radical (unpaired) electrons. The lowest BCUT2D eigenvalue weighted by Crippen LogP contribution is -2.46. The first-order chi connectivity index (χ1) is 15.5. The number of carbonyl (C=O) groups excluding carboxylic acids is 1. The summed E-state index contributed by atoms with van der Waals surface area (Å²) < 4.78 is 1.73. The number of aromatic nitrogens is 4. The predicted octanol–water partition coefficient (Wildman–Crippen LogP) is 2.19. The van der Waals surface area contributed by atoms with E-state index in [0.717, 1.165) is 17.7 Å². The topological polar surface area (TPSA) is 149 Å². The van der Waals surface area contributed by atoms with E-state index in [4.69, 9.17) is 5.11 Å². The van der Waals surface area contributed by atoms with Gasteiger partial charge in [-0.1, -0.05) is 0 Å². The fourth-order valence-electron chi connectivity index (χ4n) is 3.82. The highest BCUT2D eigenvalue weighted by molar-refractivity contribution is 7.16. The number of thiazole rings is 1. The standard InChI is InChI=1S/C20H20N8O3S/c21-11-20(3-4-20)26-15-9-14(17(29)27-5-1-12(2-6-27)23-19(30)31)24-16(25-15)13-10-22-28-7-8-32-18(13)28/h7-10,12,23H,1-6H2,(H,30,31)(H,24,25,26). The Morgan fingerprint density at radius 2 is 2.06 bits per heavy atom. The van der Waals surface area contributed by atoms with E-state index in [1.54, 1.807) is 21.7 Å². The van der Waals surface area contributed by atoms with Crippen molar-refractivity contribution in [3.8, 4) is 17.5 Å². The highest BCUT2D eigenvalue weighted by atomic mass is 32.1. The molecule has 3 aromatic heterocycles. The number of piperidine rings is 1. The van der Waals surface area contributed by atoms with E-state index < -0.39 is 11.6 Å². The third-order valence-electron chi connectivity index (χ3n) is 5.76. The fourth-order valence-corrected chi connectivity index (χ4v) is 4.61. The molecule has 1 saturated heterocycles. The quantitative estimate of drug-likeness (QED) is 0.533. The Morgan fingerprint density at radius 1 is 1.28 bits per heavy atom. The summed E-state index contributed by atoms with van der Waals surface area (Å²) in [6.45, 7) is 0.855. The van der Waals surface area contributed by atoms with Crippen LogP contribution in [-0.4, -0.2) is 66.3 Å². The molecular weight excluding hydrogens is 432 g/mol. The van der Waals surface area contributed by atoms with Crippen LogP contribution in [0.5, 0.6) is 0 Å². The molecule has 0 unspecified atom stereocenters. The van der Waals surface area contributed by atoms with Crippen LogP contribution in [0.1, 0.15) is 36.2 Å². The van der Waals surface area contributed by atoms with Gasteiger partial charge in [0.1, 0.15) is 21.9 Å². The van der Waals surface area contributed by atoms with E-state index in [0.29, 0.717) is 43.1 Å². The smallest absolute Gasteiger partial charge is 0.404 e. The van der Waals surface area contributed by atoms with Gasteiger partial charge in [0.2, 0.25) is 0 Å². The minimum absolute atomic E-state index is 0.167. The van der Waals surface area contributed by atoms with Crippen LogP contribution in [0, 0.1) is 11.3 Å². The highest BCUT2D eigenvalue weighted by Crippen LogP contribution is 2.38. The third-order valence-corrected chi connectivity index (χ3v) is 6.65. The van der Waals surface area contributed by atoms with Crippen LogP contribution < -0.4 is 10.6 Å². The van der Waals surface area contributed by atoms with Crippen molar-refractivity contribution in [1.29, 1.82) is 5.26 Å². The van der Waals surface area contributed by atoms with Gasteiger partial charge in [-0.25, -0.2) is 19.3 Å². The number of hydrogen-bond donors (Lipinski definition) is 3. The number of likely N-dealkylation sites (tertiary alicyclic amines) is 1. The molecule has 2 amide bonds. The molecule has 4 heterocycles. The van der Waals surface area contributed by atoms with Crippen molar-refractivity contribution in [3.63, 3.8) is 0 Å². The molecule has 32 heavy (non-hydrogen) atoms. The number of nitrogens with one attached hydrogen (secondary N) is 2. The van der Waals surface area contributed by atoms with Gasteiger partial charge in [0.15, 0.2) is 5.82 Å². The Hall–Kier alpha value is -3.72. The van der Waals surface area contributed by atoms with Gasteiger partial charge >= 0.3 is 6.09 Å². The molecule has 3 N–H and O–H groups in total. The van der Waals surface area contributed by atoms with Crippen LogP contribution in [0.25, 0.3) is 16.2 Å². The van der Waals surface area contributed by atoms with Crippen molar-refractivity contribution in [2.75, 3.05) is 18.4 Å². The van der Waals surface area contributed by atoms with Gasteiger partial charge in [-0.3, -0.25) is 4.79 Å². The second kappa shape index (κ2) is 7.76. The largest absolute Gasteiger partial charge is 0.465 e. The zero-order valence-electron chi connectivity index (χ0n) is 17.0. The molecule has 0 aromatic carbocycles. The maximum absolute atomic E-state index is 13.3. The van der Waals surface area contributed by atoms with E-state index in [1.165, 1.54) is 11.3 Å². The van der Waals surface area contributed by atoms with E-state index in [9.17, 15) is 14.9 Å². The lowest BCUT2D eigenvalue weighted by molar-refractivity contribution is 0.0700. The first-order valence-electron chi connectivity index (χ1n) is 10.2. The van der Waals surface area contributed by atoms with Crippen molar-refractivity contribution in [1.82, 2.24) is 29.8 Å². The van der Waals surface area contributed by atoms with Crippen molar-refractivity contribution in [3.05, 3.63) is 29.5 Å². The van der Waals surface area contributed by atoms with E-state index in [1.807, 2.05) is 11.6 Å². The van der Waals surface area contributed by atoms with Crippen molar-refractivity contribution < 1.29 is 14.7 Å². The Kier molecular flexibility index (Phi) is 4.90. The molecule has 3 aromatic rings. The Balaban J connectivity index is 1.45. The molecule has 0 bridgehead atoms. The molecular formula is C20H20N8O3S. The summed E-state index contributed by atoms with van der Waals surface area (Å²) in [5.74, 6) is 0.546. The third kappa shape index (κ3) is 3.82. The molecule has 12 heteroatoms. The average Bonchev–Trinajstić information content (AvgIpc) is 3.20. The molecule has 1 saturated carbocycles. The summed E-state index contributed by atoms with van der Waals surface area (Å²) >= 11 is 1.50. The van der Waals surface area contributed by atoms with Gasteiger partial charge in [-0.2, -0.15) is 10.4 Å². The van der Waals surface area contributed by atoms with E-state index in [-0.39, 0.29) is 17.6 Å². The number of amides is 2. The minimum atomic E-state index is -1.06. The number of carboxylic acid groups (broad SMARTS) is 1. The van der Waals surface area contributed by atoms with Crippen LogP contribution in [0.15, 0.2) is 23.8 Å². The van der Waals surface area contributed by atoms with Gasteiger partial charge in [-0.05, 0) is 25.7 Å². The number of nitrogens with zero attached hydrogens (tertiary/aromatic N) is 6. The molecule has 0 spiro atoms. The molecule has 5 rings (SSSR count). The molecule has 0 atom stereocenters. The van der Waals surface area contributed by atoms with Gasteiger partial charge in [0.25, 0.3) is 5.91 Å². The Labute approximate surface area is 186 Å². The lowest BCUT2D eigenvalue weighted by Gasteiger charge is -2.31. The van der Waals surface area contributed by atoms with Crippen molar-refractivity contribution in [2.24, 2.45) is 0 Å². The molecule has 2 fully saturated rings. The molecule has 1 aliphatic carbocycles. The molecule has 1 aliphatic heterocycles. The van der Waals surface area contributed by atoms with Crippen molar-refractivity contribution >= 4 is 34.0 Å². The average molecular weight is 453 g/mol. The molecule has 11 nitrogen and oxygen atoms in total. The maximum atomic E-state index is 13.3. The number of hydrogen-bond acceptors (Lipinski definition) is 8. The van der Waals surface area contributed by atoms with E-state index >= 15 is 0 Å². The first kappa shape index (κ1) is 20.2. The first-order valence-corrected chi connectivity index (χ1v) is 11.1. The van der Waals surface area contributed by atoms with E-state index in [2.05, 4.69) is 31.8 Å². The van der Waals surface area contributed by atoms with Gasteiger partial charge in [0, 0.05) is 36.8 Å². The zero-order chi connectivity index (χ0) is 22.3. The van der Waals surface area contributed by atoms with Crippen LogP contribution >= 0.6 is 11.3 Å². The summed E-state index contributed by atoms with van der Waals surface area (Å²) in [5, 5.41) is 30.2. The summed E-state index contributed by atoms with van der Waals surface area (Å²) in [5.41, 5.74) is 0.292. The Morgan fingerprint density at radius 3 is 2.75 bits per heavy atom. The predicted molar refractivity (Wildman–Crippen MR) is 115 cm³/mol. The summed E-state index contributed by atoms with van der Waals surface area (Å²) in [4.78, 5) is 35.8. The number of rotatable bonds is 5. The van der Waals surface area contributed by atoms with Gasteiger partial charge in [0.05, 0.1) is 17.8 Å². The van der Waals surface area contributed by atoms with Crippen LogP contribution in [0.3, 0.4) is 0 Å². The molecule has 2 aliphatic rings.